The minimum absolute atomic E-state index is 0.0629. The number of likely N-dealkylation sites (N-methyl/N-ethyl adjacent to an activating group) is 1. The monoisotopic (exact) mass is 283 g/mol. The number of hydrogen-bond acceptors (Lipinski definition) is 4. The molecule has 6 nitrogen and oxygen atoms in total. The first-order valence-corrected chi connectivity index (χ1v) is 6.05. The molecule has 0 radical (unpaired) electrons. The van der Waals surface area contributed by atoms with Crippen LogP contribution < -0.4 is 0 Å². The van der Waals surface area contributed by atoms with Crippen LogP contribution in [0.2, 0.25) is 0 Å². The largest absolute Gasteiger partial charge is 0.383 e. The first kappa shape index (κ1) is 16.0. The Morgan fingerprint density at radius 2 is 2.05 bits per heavy atom. The lowest BCUT2D eigenvalue weighted by molar-refractivity contribution is -0.129. The Kier molecular flexibility index (Phi) is 6.05. The number of pyridine rings is 1. The van der Waals surface area contributed by atoms with Crippen LogP contribution in [0.5, 0.6) is 0 Å². The van der Waals surface area contributed by atoms with E-state index < -0.39 is 5.95 Å². The zero-order valence-electron chi connectivity index (χ0n) is 11.8. The van der Waals surface area contributed by atoms with Gasteiger partial charge in [0.25, 0.3) is 5.91 Å². The van der Waals surface area contributed by atoms with Crippen molar-refractivity contribution in [2.24, 2.45) is 0 Å². The molecule has 1 rings (SSSR count). The van der Waals surface area contributed by atoms with Gasteiger partial charge in [0.15, 0.2) is 0 Å². The van der Waals surface area contributed by atoms with E-state index in [0.717, 1.165) is 12.3 Å². The van der Waals surface area contributed by atoms with E-state index in [4.69, 9.17) is 4.74 Å². The molecule has 7 heteroatoms. The van der Waals surface area contributed by atoms with E-state index in [9.17, 15) is 14.0 Å². The third-order valence-electron chi connectivity index (χ3n) is 2.65. The predicted molar refractivity (Wildman–Crippen MR) is 70.7 cm³/mol. The van der Waals surface area contributed by atoms with Gasteiger partial charge in [-0.05, 0) is 12.1 Å². The molecule has 1 aromatic rings. The highest BCUT2D eigenvalue weighted by Gasteiger charge is 2.19. The smallest absolute Gasteiger partial charge is 0.255 e. The van der Waals surface area contributed by atoms with Crippen LogP contribution >= 0.6 is 0 Å². The van der Waals surface area contributed by atoms with Gasteiger partial charge in [0.2, 0.25) is 11.9 Å². The van der Waals surface area contributed by atoms with Crippen LogP contribution in [0.25, 0.3) is 0 Å². The molecule has 20 heavy (non-hydrogen) atoms. The first-order chi connectivity index (χ1) is 9.45. The number of carbonyl (C=O) groups excluding carboxylic acids is 2. The minimum Gasteiger partial charge on any atom is -0.383 e. The summed E-state index contributed by atoms with van der Waals surface area (Å²) in [6.07, 6.45) is 1.15. The van der Waals surface area contributed by atoms with Gasteiger partial charge < -0.3 is 14.5 Å². The van der Waals surface area contributed by atoms with Gasteiger partial charge in [-0.25, -0.2) is 4.98 Å². The molecule has 1 heterocycles. The molecule has 0 unspecified atom stereocenters. The fourth-order valence-electron chi connectivity index (χ4n) is 1.44. The van der Waals surface area contributed by atoms with Crippen LogP contribution in [0.15, 0.2) is 18.3 Å². The van der Waals surface area contributed by atoms with E-state index in [0.29, 0.717) is 6.61 Å². The van der Waals surface area contributed by atoms with Crippen molar-refractivity contribution in [3.63, 3.8) is 0 Å². The van der Waals surface area contributed by atoms with Gasteiger partial charge in [-0.15, -0.1) is 0 Å². The molecule has 2 amide bonds. The summed E-state index contributed by atoms with van der Waals surface area (Å²) in [6.45, 7) is 0.514. The maximum Gasteiger partial charge on any atom is 0.255 e. The molecule has 1 aromatic heterocycles. The summed E-state index contributed by atoms with van der Waals surface area (Å²) in [5.41, 5.74) is 0.231. The number of ether oxygens (including phenoxy) is 1. The first-order valence-electron chi connectivity index (χ1n) is 6.05. The highest BCUT2D eigenvalue weighted by atomic mass is 19.1. The molecule has 0 atom stereocenters. The lowest BCUT2D eigenvalue weighted by Crippen LogP contribution is -2.41. The normalized spacial score (nSPS) is 10.2. The molecule has 0 aliphatic heterocycles. The van der Waals surface area contributed by atoms with Crippen molar-refractivity contribution < 1.29 is 18.7 Å². The van der Waals surface area contributed by atoms with Gasteiger partial charge in [0.1, 0.15) is 6.54 Å². The highest BCUT2D eigenvalue weighted by molar-refractivity contribution is 5.96. The van der Waals surface area contributed by atoms with Crippen molar-refractivity contribution in [1.29, 1.82) is 0 Å². The number of rotatable bonds is 6. The van der Waals surface area contributed by atoms with Gasteiger partial charge in [-0.2, -0.15) is 4.39 Å². The number of halogens is 1. The zero-order chi connectivity index (χ0) is 15.1. The Balaban J connectivity index is 2.83. The second-order valence-corrected chi connectivity index (χ2v) is 4.38. The minimum atomic E-state index is -0.658. The van der Waals surface area contributed by atoms with Crippen molar-refractivity contribution in [3.05, 3.63) is 29.8 Å². The van der Waals surface area contributed by atoms with Crippen LogP contribution in [0.4, 0.5) is 4.39 Å². The summed E-state index contributed by atoms with van der Waals surface area (Å²) >= 11 is 0. The highest BCUT2D eigenvalue weighted by Crippen LogP contribution is 2.05. The summed E-state index contributed by atoms with van der Waals surface area (Å²) in [7, 11) is 4.73. The van der Waals surface area contributed by atoms with E-state index in [2.05, 4.69) is 4.98 Å². The summed E-state index contributed by atoms with van der Waals surface area (Å²) in [4.78, 5) is 30.2. The molecule has 0 aliphatic carbocycles. The fourth-order valence-corrected chi connectivity index (χ4v) is 1.44. The molecular formula is C13H18FN3O3. The molecule has 110 valence electrons. The summed E-state index contributed by atoms with van der Waals surface area (Å²) in [6, 6.07) is 2.44. The topological polar surface area (TPSA) is 62.7 Å². The fraction of sp³-hybridized carbons (Fsp3) is 0.462. The number of amides is 2. The lowest BCUT2D eigenvalue weighted by atomic mass is 10.2. The van der Waals surface area contributed by atoms with Crippen molar-refractivity contribution >= 4 is 11.8 Å². The van der Waals surface area contributed by atoms with E-state index in [1.807, 2.05) is 0 Å². The molecule has 0 fully saturated rings. The van der Waals surface area contributed by atoms with Crippen LogP contribution in [0, 0.1) is 5.95 Å². The predicted octanol–water partition coefficient (Wildman–Crippen LogP) is 0.397. The maximum atomic E-state index is 12.8. The average Bonchev–Trinajstić information content (AvgIpc) is 2.43. The molecule has 0 bridgehead atoms. The standard InChI is InChI=1S/C13H18FN3O3/c1-16(2)12(18)9-17(6-7-20-3)13(19)10-4-5-11(14)15-8-10/h4-5,8H,6-7,9H2,1-3H3. The van der Waals surface area contributed by atoms with Crippen LogP contribution in [0.3, 0.4) is 0 Å². The SMILES string of the molecule is COCCN(CC(=O)N(C)C)C(=O)c1ccc(F)nc1. The van der Waals surface area contributed by atoms with Gasteiger partial charge in [0, 0.05) is 33.9 Å². The Hall–Kier alpha value is -2.02. The zero-order valence-corrected chi connectivity index (χ0v) is 11.8. The summed E-state index contributed by atoms with van der Waals surface area (Å²) < 4.78 is 17.7. The summed E-state index contributed by atoms with van der Waals surface area (Å²) in [5, 5.41) is 0. The van der Waals surface area contributed by atoms with Crippen molar-refractivity contribution in [3.8, 4) is 0 Å². The van der Waals surface area contributed by atoms with Crippen molar-refractivity contribution in [2.45, 2.75) is 0 Å². The number of methoxy groups -OCH3 is 1. The Bertz CT molecular complexity index is 462. The number of aromatic nitrogens is 1. The quantitative estimate of drug-likeness (QED) is 0.709. The maximum absolute atomic E-state index is 12.8. The Labute approximate surface area is 117 Å². The van der Waals surface area contributed by atoms with Crippen molar-refractivity contribution in [2.75, 3.05) is 40.9 Å². The molecule has 0 aromatic carbocycles. The third-order valence-corrected chi connectivity index (χ3v) is 2.65. The van der Waals surface area contributed by atoms with Gasteiger partial charge >= 0.3 is 0 Å². The molecule has 0 N–H and O–H groups in total. The average molecular weight is 283 g/mol. The van der Waals surface area contributed by atoms with E-state index in [-0.39, 0.29) is 30.5 Å². The van der Waals surface area contributed by atoms with Crippen LogP contribution in [-0.4, -0.2) is 67.5 Å². The van der Waals surface area contributed by atoms with Gasteiger partial charge in [-0.3, -0.25) is 9.59 Å². The number of carbonyl (C=O) groups is 2. The van der Waals surface area contributed by atoms with Gasteiger partial charge in [0.05, 0.1) is 12.2 Å². The van der Waals surface area contributed by atoms with Crippen LogP contribution in [0.1, 0.15) is 10.4 Å². The second-order valence-electron chi connectivity index (χ2n) is 4.38. The Morgan fingerprint density at radius 1 is 1.35 bits per heavy atom. The van der Waals surface area contributed by atoms with Gasteiger partial charge in [-0.1, -0.05) is 0 Å². The van der Waals surface area contributed by atoms with E-state index in [1.165, 1.54) is 23.0 Å². The summed E-state index contributed by atoms with van der Waals surface area (Å²) in [5.74, 6) is -1.25. The molecule has 0 aliphatic rings. The molecule has 0 spiro atoms. The molecule has 0 saturated heterocycles. The number of nitrogens with zero attached hydrogens (tertiary/aromatic N) is 3. The van der Waals surface area contributed by atoms with Crippen molar-refractivity contribution in [1.82, 2.24) is 14.8 Å². The molecule has 0 saturated carbocycles. The molecular weight excluding hydrogens is 265 g/mol. The van der Waals surface area contributed by atoms with E-state index in [1.54, 1.807) is 14.1 Å². The lowest BCUT2D eigenvalue weighted by Gasteiger charge is -2.23. The van der Waals surface area contributed by atoms with E-state index >= 15 is 0 Å². The second kappa shape index (κ2) is 7.54. The third kappa shape index (κ3) is 4.58. The Morgan fingerprint density at radius 3 is 2.55 bits per heavy atom. The number of hydrogen-bond donors (Lipinski definition) is 0. The van der Waals surface area contributed by atoms with Crippen LogP contribution in [-0.2, 0) is 9.53 Å².